The summed E-state index contributed by atoms with van der Waals surface area (Å²) >= 11 is 0. The summed E-state index contributed by atoms with van der Waals surface area (Å²) in [6.45, 7) is 1.29. The summed E-state index contributed by atoms with van der Waals surface area (Å²) in [5.41, 5.74) is -1.96. The molecule has 66 valence electrons. The van der Waals surface area contributed by atoms with Gasteiger partial charge in [0.05, 0.1) is 5.56 Å². The standard InChI is InChI=1S/C7H5F3O2/c1-4-2-5(7(8,9)10)3-6(11)12-4/h2-3H,1H3. The lowest BCUT2D eigenvalue weighted by Gasteiger charge is -2.04. The maximum absolute atomic E-state index is 12.0. The van der Waals surface area contributed by atoms with Crippen molar-refractivity contribution in [1.29, 1.82) is 0 Å². The largest absolute Gasteiger partial charge is 0.428 e. The van der Waals surface area contributed by atoms with Gasteiger partial charge in [-0.05, 0) is 13.0 Å². The fourth-order valence-corrected chi connectivity index (χ4v) is 0.769. The molecule has 0 aliphatic heterocycles. The van der Waals surface area contributed by atoms with Gasteiger partial charge >= 0.3 is 11.8 Å². The quantitative estimate of drug-likeness (QED) is 0.607. The van der Waals surface area contributed by atoms with E-state index in [1.807, 2.05) is 0 Å². The van der Waals surface area contributed by atoms with E-state index in [9.17, 15) is 18.0 Å². The lowest BCUT2D eigenvalue weighted by atomic mass is 10.2. The molecular formula is C7H5F3O2. The first-order chi connectivity index (χ1) is 5.39. The van der Waals surface area contributed by atoms with E-state index in [2.05, 4.69) is 4.42 Å². The van der Waals surface area contributed by atoms with Crippen LogP contribution >= 0.6 is 0 Å². The van der Waals surface area contributed by atoms with Crippen LogP contribution in [-0.4, -0.2) is 0 Å². The normalized spacial score (nSPS) is 11.7. The average Bonchev–Trinajstić information content (AvgIpc) is 1.82. The zero-order valence-corrected chi connectivity index (χ0v) is 6.11. The van der Waals surface area contributed by atoms with E-state index in [0.29, 0.717) is 6.07 Å². The Bertz CT molecular complexity index is 337. The van der Waals surface area contributed by atoms with Crippen LogP contribution < -0.4 is 5.63 Å². The highest BCUT2D eigenvalue weighted by Crippen LogP contribution is 2.28. The Labute approximate surface area is 65.6 Å². The van der Waals surface area contributed by atoms with Gasteiger partial charge in [0.15, 0.2) is 0 Å². The summed E-state index contributed by atoms with van der Waals surface area (Å²) in [7, 11) is 0. The second-order valence-corrected chi connectivity index (χ2v) is 2.27. The molecular weight excluding hydrogens is 173 g/mol. The summed E-state index contributed by atoms with van der Waals surface area (Å²) in [4.78, 5) is 10.5. The highest BCUT2D eigenvalue weighted by Gasteiger charge is 2.31. The third-order valence-electron chi connectivity index (χ3n) is 1.22. The Kier molecular flexibility index (Phi) is 1.95. The molecule has 2 nitrogen and oxygen atoms in total. The summed E-state index contributed by atoms with van der Waals surface area (Å²) in [6, 6.07) is 1.20. The van der Waals surface area contributed by atoms with Crippen LogP contribution in [0, 0.1) is 6.92 Å². The van der Waals surface area contributed by atoms with Gasteiger partial charge in [0.25, 0.3) is 0 Å². The van der Waals surface area contributed by atoms with Crippen molar-refractivity contribution in [1.82, 2.24) is 0 Å². The molecule has 0 fully saturated rings. The molecule has 1 heterocycles. The van der Waals surface area contributed by atoms with Gasteiger partial charge in [0.2, 0.25) is 0 Å². The Morgan fingerprint density at radius 1 is 1.33 bits per heavy atom. The minimum Gasteiger partial charge on any atom is -0.428 e. The van der Waals surface area contributed by atoms with Crippen molar-refractivity contribution in [3.8, 4) is 0 Å². The zero-order chi connectivity index (χ0) is 9.35. The summed E-state index contributed by atoms with van der Waals surface area (Å²) in [5, 5.41) is 0. The maximum Gasteiger partial charge on any atom is 0.416 e. The molecule has 1 aromatic rings. The number of hydrogen-bond donors (Lipinski definition) is 0. The fraction of sp³-hybridized carbons (Fsp3) is 0.286. The molecule has 0 N–H and O–H groups in total. The first-order valence-electron chi connectivity index (χ1n) is 3.08. The molecule has 0 atom stereocenters. The molecule has 12 heavy (non-hydrogen) atoms. The maximum atomic E-state index is 12.0. The van der Waals surface area contributed by atoms with Crippen LogP contribution in [0.15, 0.2) is 21.3 Å². The van der Waals surface area contributed by atoms with Crippen LogP contribution in [0.3, 0.4) is 0 Å². The molecule has 0 spiro atoms. The smallest absolute Gasteiger partial charge is 0.416 e. The Morgan fingerprint density at radius 3 is 2.33 bits per heavy atom. The third-order valence-corrected chi connectivity index (χ3v) is 1.22. The zero-order valence-electron chi connectivity index (χ0n) is 6.11. The second kappa shape index (κ2) is 2.66. The van der Waals surface area contributed by atoms with Crippen LogP contribution in [0.1, 0.15) is 11.3 Å². The van der Waals surface area contributed by atoms with E-state index in [0.717, 1.165) is 6.07 Å². The first-order valence-corrected chi connectivity index (χ1v) is 3.08. The van der Waals surface area contributed by atoms with Crippen molar-refractivity contribution in [3.05, 3.63) is 33.9 Å². The van der Waals surface area contributed by atoms with Crippen LogP contribution in [0.4, 0.5) is 13.2 Å². The predicted molar refractivity (Wildman–Crippen MR) is 34.7 cm³/mol. The number of halogens is 3. The monoisotopic (exact) mass is 178 g/mol. The van der Waals surface area contributed by atoms with E-state index in [4.69, 9.17) is 0 Å². The fourth-order valence-electron chi connectivity index (χ4n) is 0.769. The molecule has 0 radical (unpaired) electrons. The van der Waals surface area contributed by atoms with Crippen LogP contribution in [0.5, 0.6) is 0 Å². The number of hydrogen-bond acceptors (Lipinski definition) is 2. The second-order valence-electron chi connectivity index (χ2n) is 2.27. The predicted octanol–water partition coefficient (Wildman–Crippen LogP) is 1.97. The molecule has 0 saturated carbocycles. The van der Waals surface area contributed by atoms with Crippen molar-refractivity contribution in [2.24, 2.45) is 0 Å². The van der Waals surface area contributed by atoms with Gasteiger partial charge < -0.3 is 4.42 Å². The van der Waals surface area contributed by atoms with Gasteiger partial charge in [0.1, 0.15) is 5.76 Å². The van der Waals surface area contributed by atoms with Gasteiger partial charge in [-0.25, -0.2) is 4.79 Å². The van der Waals surface area contributed by atoms with Crippen molar-refractivity contribution in [3.63, 3.8) is 0 Å². The molecule has 0 amide bonds. The van der Waals surface area contributed by atoms with Gasteiger partial charge in [-0.1, -0.05) is 0 Å². The Balaban J connectivity index is 3.27. The van der Waals surface area contributed by atoms with Gasteiger partial charge in [0, 0.05) is 6.07 Å². The number of rotatable bonds is 0. The van der Waals surface area contributed by atoms with E-state index in [1.165, 1.54) is 6.92 Å². The molecule has 0 unspecified atom stereocenters. The van der Waals surface area contributed by atoms with Crippen LogP contribution in [0.2, 0.25) is 0 Å². The van der Waals surface area contributed by atoms with E-state index < -0.39 is 17.4 Å². The molecule has 0 aliphatic carbocycles. The van der Waals surface area contributed by atoms with E-state index >= 15 is 0 Å². The van der Waals surface area contributed by atoms with Gasteiger partial charge in [-0.15, -0.1) is 0 Å². The molecule has 0 bridgehead atoms. The molecule has 0 saturated heterocycles. The van der Waals surface area contributed by atoms with Crippen molar-refractivity contribution in [2.45, 2.75) is 13.1 Å². The molecule has 1 aromatic heterocycles. The highest BCUT2D eigenvalue weighted by atomic mass is 19.4. The van der Waals surface area contributed by atoms with Gasteiger partial charge in [-0.2, -0.15) is 13.2 Å². The number of aryl methyl sites for hydroxylation is 1. The minimum absolute atomic E-state index is 0.0465. The SMILES string of the molecule is Cc1cc(C(F)(F)F)cc(=O)o1. The Hall–Kier alpha value is -1.26. The van der Waals surface area contributed by atoms with Gasteiger partial charge in [-0.3, -0.25) is 0 Å². The Morgan fingerprint density at radius 2 is 1.92 bits per heavy atom. The van der Waals surface area contributed by atoms with Crippen molar-refractivity contribution in [2.75, 3.05) is 0 Å². The highest BCUT2D eigenvalue weighted by molar-refractivity contribution is 5.16. The number of alkyl halides is 3. The lowest BCUT2D eigenvalue weighted by Crippen LogP contribution is -2.10. The van der Waals surface area contributed by atoms with Crippen molar-refractivity contribution >= 4 is 0 Å². The van der Waals surface area contributed by atoms with E-state index in [1.54, 1.807) is 0 Å². The molecule has 0 aliphatic rings. The summed E-state index contributed by atoms with van der Waals surface area (Å²) in [6.07, 6.45) is -4.49. The van der Waals surface area contributed by atoms with Crippen LogP contribution in [0.25, 0.3) is 0 Å². The first kappa shape index (κ1) is 8.83. The lowest BCUT2D eigenvalue weighted by molar-refractivity contribution is -0.138. The third kappa shape index (κ3) is 1.87. The molecule has 0 aromatic carbocycles. The summed E-state index contributed by atoms with van der Waals surface area (Å²) < 4.78 is 40.3. The van der Waals surface area contributed by atoms with Crippen LogP contribution in [-0.2, 0) is 6.18 Å². The molecule has 5 heteroatoms. The summed E-state index contributed by atoms with van der Waals surface area (Å²) in [5.74, 6) is -0.0465. The minimum atomic E-state index is -4.49. The molecule has 1 rings (SSSR count). The van der Waals surface area contributed by atoms with Crippen molar-refractivity contribution < 1.29 is 17.6 Å². The van der Waals surface area contributed by atoms with E-state index in [-0.39, 0.29) is 5.76 Å². The average molecular weight is 178 g/mol. The topological polar surface area (TPSA) is 30.2 Å².